The van der Waals surface area contributed by atoms with E-state index in [4.69, 9.17) is 0 Å². The van der Waals surface area contributed by atoms with Crippen LogP contribution in [0.1, 0.15) is 5.56 Å². The van der Waals surface area contributed by atoms with Crippen LogP contribution in [0.15, 0.2) is 24.3 Å². The molecule has 1 N–H and O–H groups in total. The summed E-state index contributed by atoms with van der Waals surface area (Å²) in [5.74, 6) is 0. The van der Waals surface area contributed by atoms with Crippen molar-refractivity contribution in [1.29, 1.82) is 0 Å². The summed E-state index contributed by atoms with van der Waals surface area (Å²) in [6.07, 6.45) is -0.432. The van der Waals surface area contributed by atoms with Gasteiger partial charge in [0.25, 0.3) is 0 Å². The van der Waals surface area contributed by atoms with Gasteiger partial charge < -0.3 is 4.74 Å². The van der Waals surface area contributed by atoms with Crippen LogP contribution in [0.5, 0.6) is 0 Å². The number of carbonyl (C=O) groups excluding carboxylic acids is 1. The van der Waals surface area contributed by atoms with E-state index in [1.54, 1.807) is 0 Å². The largest absolute Gasteiger partial charge is 0.453 e. The van der Waals surface area contributed by atoms with Crippen LogP contribution in [0.2, 0.25) is 19.6 Å². The van der Waals surface area contributed by atoms with E-state index in [9.17, 15) is 4.79 Å². The summed E-state index contributed by atoms with van der Waals surface area (Å²) in [4.78, 5) is 11.0. The van der Waals surface area contributed by atoms with Crippen LogP contribution in [0.4, 0.5) is 10.5 Å². The van der Waals surface area contributed by atoms with E-state index in [1.165, 1.54) is 12.7 Å². The van der Waals surface area contributed by atoms with Crippen LogP contribution in [-0.2, 0) is 10.8 Å². The first-order chi connectivity index (χ1) is 7.40. The normalized spacial score (nSPS) is 11.0. The van der Waals surface area contributed by atoms with Crippen molar-refractivity contribution in [2.75, 3.05) is 12.4 Å². The van der Waals surface area contributed by atoms with Crippen molar-refractivity contribution in [1.82, 2.24) is 0 Å². The van der Waals surface area contributed by atoms with Crippen molar-refractivity contribution in [3.05, 3.63) is 29.8 Å². The van der Waals surface area contributed by atoms with E-state index in [0.29, 0.717) is 0 Å². The number of amides is 1. The monoisotopic (exact) mass is 237 g/mol. The smallest absolute Gasteiger partial charge is 0.411 e. The van der Waals surface area contributed by atoms with Crippen LogP contribution in [0, 0.1) is 0 Å². The van der Waals surface area contributed by atoms with Gasteiger partial charge in [-0.3, -0.25) is 5.32 Å². The third-order valence-corrected chi connectivity index (χ3v) is 3.59. The predicted octanol–water partition coefficient (Wildman–Crippen LogP) is 3.28. The van der Waals surface area contributed by atoms with Crippen molar-refractivity contribution < 1.29 is 9.53 Å². The maximum absolute atomic E-state index is 11.0. The fraction of sp³-hybridized carbons (Fsp3) is 0.417. The number of benzene rings is 1. The Morgan fingerprint density at radius 1 is 1.25 bits per heavy atom. The molecule has 4 heteroatoms. The molecule has 3 nitrogen and oxygen atoms in total. The van der Waals surface area contributed by atoms with Gasteiger partial charge in [-0.05, 0) is 18.2 Å². The lowest BCUT2D eigenvalue weighted by molar-refractivity contribution is 0.187. The second kappa shape index (κ2) is 5.16. The Bertz CT molecular complexity index is 354. The highest BCUT2D eigenvalue weighted by Gasteiger charge is 2.13. The zero-order valence-electron chi connectivity index (χ0n) is 10.3. The lowest BCUT2D eigenvalue weighted by Crippen LogP contribution is -2.23. The Kier molecular flexibility index (Phi) is 4.12. The second-order valence-electron chi connectivity index (χ2n) is 5.05. The molecule has 0 bridgehead atoms. The first kappa shape index (κ1) is 12.8. The topological polar surface area (TPSA) is 38.3 Å². The first-order valence-corrected chi connectivity index (χ1v) is 9.05. The molecule has 0 aliphatic carbocycles. The SMILES string of the molecule is COC(=O)Nc1ccc(C[Si](C)(C)C)cc1. The molecule has 16 heavy (non-hydrogen) atoms. The zero-order chi connectivity index (χ0) is 12.2. The summed E-state index contributed by atoms with van der Waals surface area (Å²) in [6.45, 7) is 7.02. The fourth-order valence-corrected chi connectivity index (χ4v) is 2.95. The van der Waals surface area contributed by atoms with Crippen LogP contribution < -0.4 is 5.32 Å². The highest BCUT2D eigenvalue weighted by atomic mass is 28.3. The van der Waals surface area contributed by atoms with Gasteiger partial charge in [-0.25, -0.2) is 4.79 Å². The van der Waals surface area contributed by atoms with Crippen LogP contribution in [0.25, 0.3) is 0 Å². The fourth-order valence-electron chi connectivity index (χ4n) is 1.49. The van der Waals surface area contributed by atoms with Crippen LogP contribution >= 0.6 is 0 Å². The first-order valence-electron chi connectivity index (χ1n) is 5.34. The third kappa shape index (κ3) is 4.48. The van der Waals surface area contributed by atoms with E-state index in [-0.39, 0.29) is 0 Å². The molecule has 1 aromatic carbocycles. The molecule has 0 heterocycles. The molecule has 1 rings (SSSR count). The maximum Gasteiger partial charge on any atom is 0.411 e. The van der Waals surface area contributed by atoms with E-state index in [2.05, 4.69) is 41.8 Å². The van der Waals surface area contributed by atoms with Gasteiger partial charge in [-0.15, -0.1) is 0 Å². The number of hydrogen-bond acceptors (Lipinski definition) is 2. The number of ether oxygens (including phenoxy) is 1. The molecular formula is C12H19NO2Si. The molecule has 0 spiro atoms. The molecule has 88 valence electrons. The van der Waals surface area contributed by atoms with E-state index in [0.717, 1.165) is 11.7 Å². The minimum absolute atomic E-state index is 0.432. The van der Waals surface area contributed by atoms with Gasteiger partial charge in [0.2, 0.25) is 0 Å². The maximum atomic E-state index is 11.0. The Morgan fingerprint density at radius 3 is 2.25 bits per heavy atom. The van der Waals surface area contributed by atoms with Gasteiger partial charge in [0.05, 0.1) is 7.11 Å². The molecule has 0 radical (unpaired) electrons. The molecule has 0 saturated carbocycles. The van der Waals surface area contributed by atoms with E-state index < -0.39 is 14.2 Å². The highest BCUT2D eigenvalue weighted by molar-refractivity contribution is 6.75. The Hall–Kier alpha value is -1.29. The number of carbonyl (C=O) groups is 1. The third-order valence-electron chi connectivity index (χ3n) is 2.12. The van der Waals surface area contributed by atoms with Crippen LogP contribution in [-0.4, -0.2) is 21.3 Å². The van der Waals surface area contributed by atoms with Crippen molar-refractivity contribution in [3.8, 4) is 0 Å². The summed E-state index contributed by atoms with van der Waals surface area (Å²) < 4.78 is 4.52. The minimum Gasteiger partial charge on any atom is -0.453 e. The van der Waals surface area contributed by atoms with Gasteiger partial charge in [-0.2, -0.15) is 0 Å². The second-order valence-corrected chi connectivity index (χ2v) is 10.5. The lowest BCUT2D eigenvalue weighted by atomic mass is 10.2. The molecule has 0 unspecified atom stereocenters. The zero-order valence-corrected chi connectivity index (χ0v) is 11.3. The van der Waals surface area contributed by atoms with E-state index in [1.807, 2.05) is 12.1 Å². The average Bonchev–Trinajstić information content (AvgIpc) is 2.18. The Morgan fingerprint density at radius 2 is 1.81 bits per heavy atom. The van der Waals surface area contributed by atoms with Crippen molar-refractivity contribution in [2.45, 2.75) is 25.7 Å². The lowest BCUT2D eigenvalue weighted by Gasteiger charge is -2.15. The summed E-state index contributed by atoms with van der Waals surface area (Å²) in [5, 5.41) is 2.63. The molecule has 1 amide bonds. The van der Waals surface area contributed by atoms with Crippen molar-refractivity contribution in [3.63, 3.8) is 0 Å². The quantitative estimate of drug-likeness (QED) is 0.819. The van der Waals surface area contributed by atoms with E-state index >= 15 is 0 Å². The molecular weight excluding hydrogens is 218 g/mol. The summed E-state index contributed by atoms with van der Waals surface area (Å²) in [5.41, 5.74) is 2.10. The molecule has 0 atom stereocenters. The summed E-state index contributed by atoms with van der Waals surface area (Å²) in [7, 11) is 0.290. The van der Waals surface area contributed by atoms with Crippen molar-refractivity contribution in [2.24, 2.45) is 0 Å². The van der Waals surface area contributed by atoms with Gasteiger partial charge >= 0.3 is 6.09 Å². The molecule has 0 aliphatic heterocycles. The van der Waals surface area contributed by atoms with Gasteiger partial charge in [0.1, 0.15) is 0 Å². The number of rotatable bonds is 3. The summed E-state index contributed by atoms with van der Waals surface area (Å²) in [6, 6.07) is 9.09. The standard InChI is InChI=1S/C12H19NO2Si/c1-15-12(14)13-11-7-5-10(6-8-11)9-16(2,3)4/h5-8H,9H2,1-4H3,(H,13,14). The van der Waals surface area contributed by atoms with Gasteiger partial charge in [-0.1, -0.05) is 37.3 Å². The Balaban J connectivity index is 2.64. The molecule has 0 aliphatic rings. The minimum atomic E-state index is -1.07. The predicted molar refractivity (Wildman–Crippen MR) is 69.5 cm³/mol. The number of nitrogens with one attached hydrogen (secondary N) is 1. The summed E-state index contributed by atoms with van der Waals surface area (Å²) >= 11 is 0. The van der Waals surface area contributed by atoms with Gasteiger partial charge in [0, 0.05) is 13.8 Å². The van der Waals surface area contributed by atoms with Crippen LogP contribution in [0.3, 0.4) is 0 Å². The number of anilines is 1. The highest BCUT2D eigenvalue weighted by Crippen LogP contribution is 2.15. The Labute approximate surface area is 97.8 Å². The molecule has 0 aromatic heterocycles. The van der Waals surface area contributed by atoms with Crippen molar-refractivity contribution >= 4 is 19.9 Å². The average molecular weight is 237 g/mol. The molecule has 0 fully saturated rings. The molecule has 1 aromatic rings. The number of hydrogen-bond donors (Lipinski definition) is 1. The molecule has 0 saturated heterocycles. The number of methoxy groups -OCH3 is 1. The van der Waals surface area contributed by atoms with Gasteiger partial charge in [0.15, 0.2) is 0 Å².